The summed E-state index contributed by atoms with van der Waals surface area (Å²) in [5, 5.41) is 5.20. The van der Waals surface area contributed by atoms with Gasteiger partial charge in [-0.25, -0.2) is 9.18 Å². The predicted octanol–water partition coefficient (Wildman–Crippen LogP) is 0.577. The van der Waals surface area contributed by atoms with Crippen molar-refractivity contribution in [3.05, 3.63) is 35.6 Å². The number of carbonyl (C=O) groups excluding carboxylic acids is 4. The van der Waals surface area contributed by atoms with Gasteiger partial charge in [0.15, 0.2) is 0 Å². The molecule has 2 N–H and O–H groups in total. The third-order valence-corrected chi connectivity index (χ3v) is 5.45. The number of hydrogen-bond acceptors (Lipinski definition) is 4. The molecule has 1 unspecified atom stereocenters. The lowest BCUT2D eigenvalue weighted by molar-refractivity contribution is -0.140. The van der Waals surface area contributed by atoms with Crippen LogP contribution in [-0.2, 0) is 19.9 Å². The van der Waals surface area contributed by atoms with Crippen LogP contribution in [0.5, 0.6) is 0 Å². The smallest absolute Gasteiger partial charge is 0.325 e. The number of imide groups is 1. The van der Waals surface area contributed by atoms with Crippen molar-refractivity contribution in [3.63, 3.8) is 0 Å². The van der Waals surface area contributed by atoms with E-state index in [0.717, 1.165) is 4.90 Å². The van der Waals surface area contributed by atoms with E-state index in [4.69, 9.17) is 0 Å². The predicted molar refractivity (Wildman–Crippen MR) is 97.4 cm³/mol. The lowest BCUT2D eigenvalue weighted by Crippen LogP contribution is -2.48. The fraction of sp³-hybridized carbons (Fsp3) is 0.474. The molecule has 2 aliphatic heterocycles. The van der Waals surface area contributed by atoms with E-state index in [1.54, 1.807) is 11.9 Å². The monoisotopic (exact) mass is 390 g/mol. The lowest BCUT2D eigenvalue weighted by Gasteiger charge is -2.32. The highest BCUT2D eigenvalue weighted by atomic mass is 19.1. The number of piperidine rings is 1. The molecule has 0 spiro atoms. The van der Waals surface area contributed by atoms with Gasteiger partial charge in [0.1, 0.15) is 17.9 Å². The SMILES string of the molecule is CNC(=O)C1CCN(C(=O)CN2C(=O)NC(C)(c3ccc(F)cc3)C2=O)CC1. The van der Waals surface area contributed by atoms with E-state index in [1.807, 2.05) is 0 Å². The summed E-state index contributed by atoms with van der Waals surface area (Å²) in [5.41, 5.74) is -0.911. The second-order valence-corrected chi connectivity index (χ2v) is 7.22. The summed E-state index contributed by atoms with van der Waals surface area (Å²) >= 11 is 0. The van der Waals surface area contributed by atoms with Gasteiger partial charge in [0, 0.05) is 26.1 Å². The Kier molecular flexibility index (Phi) is 5.35. The van der Waals surface area contributed by atoms with Crippen LogP contribution >= 0.6 is 0 Å². The molecule has 9 heteroatoms. The van der Waals surface area contributed by atoms with Crippen LogP contribution in [0.2, 0.25) is 0 Å². The molecule has 0 radical (unpaired) electrons. The quantitative estimate of drug-likeness (QED) is 0.735. The molecule has 2 fully saturated rings. The molecule has 1 aromatic carbocycles. The third-order valence-electron chi connectivity index (χ3n) is 5.45. The molecule has 2 heterocycles. The van der Waals surface area contributed by atoms with Gasteiger partial charge in [-0.3, -0.25) is 19.3 Å². The summed E-state index contributed by atoms with van der Waals surface area (Å²) in [6.07, 6.45) is 1.08. The molecule has 0 aromatic heterocycles. The number of amides is 5. The number of nitrogens with one attached hydrogen (secondary N) is 2. The average Bonchev–Trinajstić information content (AvgIpc) is 2.91. The Balaban J connectivity index is 1.65. The zero-order valence-electron chi connectivity index (χ0n) is 15.8. The molecule has 1 aromatic rings. The number of urea groups is 1. The third kappa shape index (κ3) is 3.56. The van der Waals surface area contributed by atoms with Crippen LogP contribution in [0.1, 0.15) is 25.3 Å². The van der Waals surface area contributed by atoms with Gasteiger partial charge in [-0.2, -0.15) is 0 Å². The van der Waals surface area contributed by atoms with E-state index in [-0.39, 0.29) is 24.3 Å². The fourth-order valence-corrected chi connectivity index (χ4v) is 3.65. The van der Waals surface area contributed by atoms with Crippen molar-refractivity contribution < 1.29 is 23.6 Å². The van der Waals surface area contributed by atoms with Crippen LogP contribution < -0.4 is 10.6 Å². The molecule has 3 rings (SSSR count). The summed E-state index contributed by atoms with van der Waals surface area (Å²) in [6, 6.07) is 4.63. The number of benzene rings is 1. The first-order valence-electron chi connectivity index (χ1n) is 9.16. The highest BCUT2D eigenvalue weighted by Gasteiger charge is 2.49. The van der Waals surface area contributed by atoms with Crippen LogP contribution in [-0.4, -0.2) is 60.2 Å². The van der Waals surface area contributed by atoms with E-state index in [0.29, 0.717) is 31.5 Å². The summed E-state index contributed by atoms with van der Waals surface area (Å²) in [4.78, 5) is 51.9. The minimum Gasteiger partial charge on any atom is -0.359 e. The first-order chi connectivity index (χ1) is 13.3. The second-order valence-electron chi connectivity index (χ2n) is 7.22. The van der Waals surface area contributed by atoms with Crippen molar-refractivity contribution in [1.82, 2.24) is 20.4 Å². The molecule has 28 heavy (non-hydrogen) atoms. The van der Waals surface area contributed by atoms with Gasteiger partial charge < -0.3 is 15.5 Å². The number of carbonyl (C=O) groups is 4. The molecular weight excluding hydrogens is 367 g/mol. The first kappa shape index (κ1) is 19.8. The Morgan fingerprint density at radius 1 is 1.21 bits per heavy atom. The second kappa shape index (κ2) is 7.57. The minimum atomic E-state index is -1.35. The molecule has 1 atom stereocenters. The largest absolute Gasteiger partial charge is 0.359 e. The molecule has 0 aliphatic carbocycles. The lowest BCUT2D eigenvalue weighted by atomic mass is 9.92. The molecule has 0 bridgehead atoms. The summed E-state index contributed by atoms with van der Waals surface area (Å²) in [6.45, 7) is 1.96. The van der Waals surface area contributed by atoms with Crippen molar-refractivity contribution in [2.75, 3.05) is 26.7 Å². The molecule has 150 valence electrons. The molecule has 8 nitrogen and oxygen atoms in total. The van der Waals surface area contributed by atoms with Gasteiger partial charge in [0.25, 0.3) is 5.91 Å². The molecular formula is C19H23FN4O4. The van der Waals surface area contributed by atoms with Crippen molar-refractivity contribution in [3.8, 4) is 0 Å². The van der Waals surface area contributed by atoms with E-state index in [2.05, 4.69) is 10.6 Å². The van der Waals surface area contributed by atoms with Crippen LogP contribution in [0.25, 0.3) is 0 Å². The topological polar surface area (TPSA) is 98.8 Å². The van der Waals surface area contributed by atoms with Gasteiger partial charge in [-0.1, -0.05) is 12.1 Å². The fourth-order valence-electron chi connectivity index (χ4n) is 3.65. The van der Waals surface area contributed by atoms with Crippen LogP contribution in [0.15, 0.2) is 24.3 Å². The number of hydrogen-bond donors (Lipinski definition) is 2. The number of nitrogens with zero attached hydrogens (tertiary/aromatic N) is 2. The Hall–Kier alpha value is -2.97. The zero-order chi connectivity index (χ0) is 20.5. The normalized spacial score (nSPS) is 23.0. The average molecular weight is 390 g/mol. The van der Waals surface area contributed by atoms with Gasteiger partial charge >= 0.3 is 6.03 Å². The molecule has 2 saturated heterocycles. The maximum absolute atomic E-state index is 13.2. The maximum atomic E-state index is 13.2. The Morgan fingerprint density at radius 3 is 2.39 bits per heavy atom. The molecule has 2 aliphatic rings. The van der Waals surface area contributed by atoms with Crippen molar-refractivity contribution >= 4 is 23.8 Å². The molecule has 5 amide bonds. The summed E-state index contributed by atoms with van der Waals surface area (Å²) < 4.78 is 13.2. The van der Waals surface area contributed by atoms with E-state index in [1.165, 1.54) is 31.2 Å². The zero-order valence-corrected chi connectivity index (χ0v) is 15.8. The van der Waals surface area contributed by atoms with Crippen LogP contribution in [0.4, 0.5) is 9.18 Å². The van der Waals surface area contributed by atoms with Crippen molar-refractivity contribution in [2.45, 2.75) is 25.3 Å². The van der Waals surface area contributed by atoms with Gasteiger partial charge in [-0.05, 0) is 37.5 Å². The maximum Gasteiger partial charge on any atom is 0.325 e. The van der Waals surface area contributed by atoms with Crippen LogP contribution in [0, 0.1) is 11.7 Å². The highest BCUT2D eigenvalue weighted by molar-refractivity contribution is 6.09. The molecule has 0 saturated carbocycles. The summed E-state index contributed by atoms with van der Waals surface area (Å²) in [7, 11) is 1.58. The Morgan fingerprint density at radius 2 is 1.82 bits per heavy atom. The van der Waals surface area contributed by atoms with Crippen molar-refractivity contribution in [2.24, 2.45) is 5.92 Å². The van der Waals surface area contributed by atoms with E-state index < -0.39 is 23.3 Å². The van der Waals surface area contributed by atoms with Gasteiger partial charge in [0.05, 0.1) is 0 Å². The van der Waals surface area contributed by atoms with Gasteiger partial charge in [-0.15, -0.1) is 0 Å². The van der Waals surface area contributed by atoms with E-state index in [9.17, 15) is 23.6 Å². The van der Waals surface area contributed by atoms with E-state index >= 15 is 0 Å². The highest BCUT2D eigenvalue weighted by Crippen LogP contribution is 2.29. The standard InChI is InChI=1S/C19H23FN4O4/c1-19(13-3-5-14(20)6-4-13)17(27)24(18(28)22-19)11-15(25)23-9-7-12(8-10-23)16(26)21-2/h3-6,12H,7-11H2,1-2H3,(H,21,26)(H,22,28). The number of halogens is 1. The number of likely N-dealkylation sites (tertiary alicyclic amines) is 1. The number of rotatable bonds is 4. The van der Waals surface area contributed by atoms with Gasteiger partial charge in [0.2, 0.25) is 11.8 Å². The Bertz CT molecular complexity index is 805. The van der Waals surface area contributed by atoms with Crippen molar-refractivity contribution in [1.29, 1.82) is 0 Å². The first-order valence-corrected chi connectivity index (χ1v) is 9.16. The Labute approximate surface area is 162 Å². The summed E-state index contributed by atoms with van der Waals surface area (Å²) in [5.74, 6) is -1.53. The minimum absolute atomic E-state index is 0.0451. The van der Waals surface area contributed by atoms with Crippen LogP contribution in [0.3, 0.4) is 0 Å².